The van der Waals surface area contributed by atoms with Crippen molar-refractivity contribution in [1.82, 2.24) is 20.5 Å². The molecule has 2 N–H and O–H groups in total. The van der Waals surface area contributed by atoms with Gasteiger partial charge in [0.15, 0.2) is 17.9 Å². The third kappa shape index (κ3) is 6.65. The molecule has 0 unspecified atom stereocenters. The molecule has 154 valence electrons. The van der Waals surface area contributed by atoms with E-state index in [2.05, 4.69) is 27.6 Å². The lowest BCUT2D eigenvalue weighted by Gasteiger charge is -2.44. The van der Waals surface area contributed by atoms with Gasteiger partial charge >= 0.3 is 0 Å². The molecule has 0 radical (unpaired) electrons. The van der Waals surface area contributed by atoms with Gasteiger partial charge in [0.2, 0.25) is 0 Å². The van der Waals surface area contributed by atoms with Gasteiger partial charge in [-0.2, -0.15) is 0 Å². The summed E-state index contributed by atoms with van der Waals surface area (Å²) in [7, 11) is 4.06. The first-order chi connectivity index (χ1) is 13.1. The molecule has 0 atom stereocenters. The lowest BCUT2D eigenvalue weighted by atomic mass is 10.1. The maximum Gasteiger partial charge on any atom is 0.169 e. The highest BCUT2D eigenvalue weighted by Gasteiger charge is 2.32. The van der Waals surface area contributed by atoms with Crippen LogP contribution in [0, 0.1) is 5.82 Å². The molecule has 2 rings (SSSR count). The smallest absolute Gasteiger partial charge is 0.169 e. The second-order valence-corrected chi connectivity index (χ2v) is 6.72. The van der Waals surface area contributed by atoms with E-state index in [4.69, 9.17) is 9.47 Å². The molecule has 0 spiro atoms. The molecule has 7 nitrogen and oxygen atoms in total. The minimum Gasteiger partial charge on any atom is -0.352 e. The Kier molecular flexibility index (Phi) is 9.36. The fourth-order valence-corrected chi connectivity index (χ4v) is 3.02. The normalized spacial score (nSPS) is 15.0. The van der Waals surface area contributed by atoms with Crippen molar-refractivity contribution in [3.63, 3.8) is 0 Å². The van der Waals surface area contributed by atoms with Gasteiger partial charge in [-0.05, 0) is 40.1 Å². The fourth-order valence-electron chi connectivity index (χ4n) is 3.02. The molecule has 0 bridgehead atoms. The number of hydrogen-bond donors (Lipinski definition) is 2. The van der Waals surface area contributed by atoms with E-state index >= 15 is 0 Å². The monoisotopic (exact) mass is 383 g/mol. The van der Waals surface area contributed by atoms with Crippen LogP contribution in [0.2, 0.25) is 0 Å². The Morgan fingerprint density at radius 2 is 2.00 bits per heavy atom. The molecular weight excluding hydrogens is 349 g/mol. The van der Waals surface area contributed by atoms with E-state index in [9.17, 15) is 4.39 Å². The van der Waals surface area contributed by atoms with Gasteiger partial charge in [-0.25, -0.2) is 9.37 Å². The van der Waals surface area contributed by atoms with Crippen molar-refractivity contribution in [2.45, 2.75) is 32.7 Å². The Balaban J connectivity index is 1.84. The van der Waals surface area contributed by atoms with Crippen LogP contribution in [0.1, 0.15) is 19.5 Å². The first kappa shape index (κ1) is 22.0. The topological polar surface area (TPSA) is 61.9 Å². The first-order valence-electron chi connectivity index (χ1n) is 9.78. The predicted octanol–water partition coefficient (Wildman–Crippen LogP) is 1.05. The van der Waals surface area contributed by atoms with Crippen molar-refractivity contribution in [3.8, 4) is 0 Å². The average molecular weight is 384 g/mol. The van der Waals surface area contributed by atoms with Gasteiger partial charge in [-0.15, -0.1) is 0 Å². The summed E-state index contributed by atoms with van der Waals surface area (Å²) in [5.74, 6) is 0.176. The summed E-state index contributed by atoms with van der Waals surface area (Å²) < 4.78 is 25.2. The van der Waals surface area contributed by atoms with Gasteiger partial charge in [-0.1, -0.05) is 0 Å². The molecule has 1 aliphatic heterocycles. The fraction of sp³-hybridized carbons (Fsp3) is 0.737. The van der Waals surface area contributed by atoms with Crippen LogP contribution in [0.4, 0.5) is 10.2 Å². The van der Waals surface area contributed by atoms with E-state index in [0.717, 1.165) is 31.9 Å². The molecule has 0 aliphatic carbocycles. The molecule has 0 saturated carbocycles. The van der Waals surface area contributed by atoms with Crippen molar-refractivity contribution in [3.05, 3.63) is 23.6 Å². The summed E-state index contributed by atoms with van der Waals surface area (Å²) in [5, 5.41) is 6.43. The number of likely N-dealkylation sites (N-methyl/N-ethyl adjacent to an activating group) is 2. The van der Waals surface area contributed by atoms with Gasteiger partial charge in [0, 0.05) is 58.5 Å². The standard InChI is InChI=1S/C19H34FN5O2/c1-5-26-18(27-6-2)12-22-11-15-7-8-17(20)19(23-15)25-13-16(14-25)24(4)10-9-21-3/h7-8,16,18,21-22H,5-6,9-14H2,1-4H3. The Labute approximate surface area is 162 Å². The summed E-state index contributed by atoms with van der Waals surface area (Å²) >= 11 is 0. The van der Waals surface area contributed by atoms with Crippen molar-refractivity contribution >= 4 is 5.82 Å². The van der Waals surface area contributed by atoms with Gasteiger partial charge in [-0.3, -0.25) is 4.90 Å². The van der Waals surface area contributed by atoms with Gasteiger partial charge < -0.3 is 25.0 Å². The van der Waals surface area contributed by atoms with Crippen molar-refractivity contribution in [2.75, 3.05) is 64.9 Å². The van der Waals surface area contributed by atoms with Crippen LogP contribution < -0.4 is 15.5 Å². The van der Waals surface area contributed by atoms with Crippen LogP contribution in [-0.2, 0) is 16.0 Å². The van der Waals surface area contributed by atoms with E-state index in [1.54, 1.807) is 6.07 Å². The number of nitrogens with one attached hydrogen (secondary N) is 2. The summed E-state index contributed by atoms with van der Waals surface area (Å²) in [6.07, 6.45) is -0.274. The predicted molar refractivity (Wildman–Crippen MR) is 105 cm³/mol. The summed E-state index contributed by atoms with van der Waals surface area (Å²) in [5.41, 5.74) is 0.810. The second-order valence-electron chi connectivity index (χ2n) is 6.72. The maximum atomic E-state index is 14.2. The Morgan fingerprint density at radius 3 is 2.63 bits per heavy atom. The minimum atomic E-state index is -0.274. The zero-order valence-corrected chi connectivity index (χ0v) is 17.0. The molecule has 1 aliphatic rings. The lowest BCUT2D eigenvalue weighted by molar-refractivity contribution is -0.133. The molecular formula is C19H34FN5O2. The van der Waals surface area contributed by atoms with Crippen LogP contribution in [0.5, 0.6) is 0 Å². The molecule has 1 fully saturated rings. The van der Waals surface area contributed by atoms with Crippen molar-refractivity contribution in [2.24, 2.45) is 0 Å². The second kappa shape index (κ2) is 11.5. The number of pyridine rings is 1. The van der Waals surface area contributed by atoms with Crippen molar-refractivity contribution in [1.29, 1.82) is 0 Å². The van der Waals surface area contributed by atoms with Gasteiger partial charge in [0.25, 0.3) is 0 Å². The molecule has 1 saturated heterocycles. The van der Waals surface area contributed by atoms with E-state index < -0.39 is 0 Å². The molecule has 1 aromatic rings. The number of halogens is 1. The molecule has 0 aromatic carbocycles. The zero-order chi connectivity index (χ0) is 19.6. The Hall–Kier alpha value is -1.32. The quantitative estimate of drug-likeness (QED) is 0.494. The van der Waals surface area contributed by atoms with E-state index in [-0.39, 0.29) is 12.1 Å². The average Bonchev–Trinajstić information content (AvgIpc) is 2.61. The molecule has 1 aromatic heterocycles. The molecule has 0 amide bonds. The van der Waals surface area contributed by atoms with Crippen LogP contribution >= 0.6 is 0 Å². The zero-order valence-electron chi connectivity index (χ0n) is 17.0. The number of rotatable bonds is 13. The Morgan fingerprint density at radius 1 is 1.30 bits per heavy atom. The SMILES string of the molecule is CCOC(CNCc1ccc(F)c(N2CC(N(C)CCNC)C2)n1)OCC. The summed E-state index contributed by atoms with van der Waals surface area (Å²) in [4.78, 5) is 8.82. The highest BCUT2D eigenvalue weighted by Crippen LogP contribution is 2.24. The van der Waals surface area contributed by atoms with E-state index in [0.29, 0.717) is 38.2 Å². The molecule has 8 heteroatoms. The van der Waals surface area contributed by atoms with Crippen LogP contribution in [0.25, 0.3) is 0 Å². The maximum absolute atomic E-state index is 14.2. The Bertz CT molecular complexity index is 551. The summed E-state index contributed by atoms with van der Waals surface area (Å²) in [6, 6.07) is 3.66. The summed E-state index contributed by atoms with van der Waals surface area (Å²) in [6.45, 7) is 9.74. The first-order valence-corrected chi connectivity index (χ1v) is 9.78. The number of nitrogens with zero attached hydrogens (tertiary/aromatic N) is 3. The van der Waals surface area contributed by atoms with Crippen LogP contribution in [-0.4, -0.2) is 82.2 Å². The molecule has 2 heterocycles. The highest BCUT2D eigenvalue weighted by molar-refractivity contribution is 5.44. The third-order valence-corrected chi connectivity index (χ3v) is 4.71. The number of ether oxygens (including phenoxy) is 2. The third-order valence-electron chi connectivity index (χ3n) is 4.71. The lowest BCUT2D eigenvalue weighted by Crippen LogP contribution is -2.59. The largest absolute Gasteiger partial charge is 0.352 e. The van der Waals surface area contributed by atoms with Crippen LogP contribution in [0.3, 0.4) is 0 Å². The minimum absolute atomic E-state index is 0.267. The highest BCUT2D eigenvalue weighted by atomic mass is 19.1. The van der Waals surface area contributed by atoms with Crippen molar-refractivity contribution < 1.29 is 13.9 Å². The number of anilines is 1. The van der Waals surface area contributed by atoms with E-state index in [1.165, 1.54) is 6.07 Å². The number of aromatic nitrogens is 1. The molecule has 27 heavy (non-hydrogen) atoms. The van der Waals surface area contributed by atoms with Gasteiger partial charge in [0.1, 0.15) is 0 Å². The van der Waals surface area contributed by atoms with Crippen LogP contribution in [0.15, 0.2) is 12.1 Å². The van der Waals surface area contributed by atoms with Gasteiger partial charge in [0.05, 0.1) is 5.69 Å². The van der Waals surface area contributed by atoms with E-state index in [1.807, 2.05) is 25.8 Å². The number of hydrogen-bond acceptors (Lipinski definition) is 7.